The van der Waals surface area contributed by atoms with Crippen LogP contribution in [0.3, 0.4) is 0 Å². The normalized spacial score (nSPS) is 11.1. The first-order valence-electron chi connectivity index (χ1n) is 7.47. The first kappa shape index (κ1) is 18.5. The van der Waals surface area contributed by atoms with E-state index in [1.54, 1.807) is 19.1 Å². The van der Waals surface area contributed by atoms with Crippen LogP contribution in [-0.4, -0.2) is 40.9 Å². The zero-order chi connectivity index (χ0) is 18.4. The standard InChI is InChI=1S/C15H18N4O5S/c1-2-9-25(23,24)18-12-6-4-3-5-11(12)15(22)16-13-7-8-19(17-13)10-14(20)21/h3-8,18H,2,9-10H2,1H3,(H,20,21)(H,16,17,22). The first-order valence-corrected chi connectivity index (χ1v) is 9.12. The summed E-state index contributed by atoms with van der Waals surface area (Å²) in [5.74, 6) is -1.51. The van der Waals surface area contributed by atoms with Crippen molar-refractivity contribution in [2.75, 3.05) is 15.8 Å². The fourth-order valence-electron chi connectivity index (χ4n) is 2.10. The molecule has 0 aliphatic rings. The zero-order valence-electron chi connectivity index (χ0n) is 13.5. The number of nitrogens with one attached hydrogen (secondary N) is 2. The van der Waals surface area contributed by atoms with Gasteiger partial charge < -0.3 is 10.4 Å². The zero-order valence-corrected chi connectivity index (χ0v) is 14.3. The molecule has 0 spiro atoms. The van der Waals surface area contributed by atoms with Gasteiger partial charge >= 0.3 is 5.97 Å². The lowest BCUT2D eigenvalue weighted by Crippen LogP contribution is -2.20. The summed E-state index contributed by atoms with van der Waals surface area (Å²) in [5.41, 5.74) is 0.299. The average molecular weight is 366 g/mol. The van der Waals surface area contributed by atoms with Crippen molar-refractivity contribution in [3.63, 3.8) is 0 Å². The van der Waals surface area contributed by atoms with Gasteiger partial charge in [-0.25, -0.2) is 8.42 Å². The summed E-state index contributed by atoms with van der Waals surface area (Å²) in [6.45, 7) is 1.41. The van der Waals surface area contributed by atoms with Gasteiger partial charge in [0.2, 0.25) is 10.0 Å². The SMILES string of the molecule is CCCS(=O)(=O)Nc1ccccc1C(=O)Nc1ccn(CC(=O)O)n1. The molecule has 2 rings (SSSR count). The van der Waals surface area contributed by atoms with Crippen LogP contribution in [0.4, 0.5) is 11.5 Å². The molecule has 0 saturated carbocycles. The Morgan fingerprint density at radius 1 is 1.24 bits per heavy atom. The highest BCUT2D eigenvalue weighted by Gasteiger charge is 2.17. The maximum absolute atomic E-state index is 12.4. The molecule has 10 heteroatoms. The topological polar surface area (TPSA) is 130 Å². The number of amides is 1. The summed E-state index contributed by atoms with van der Waals surface area (Å²) in [5, 5.41) is 15.1. The Kier molecular flexibility index (Phi) is 5.75. The average Bonchev–Trinajstić information content (AvgIpc) is 2.93. The molecule has 134 valence electrons. The van der Waals surface area contributed by atoms with E-state index in [0.717, 1.165) is 4.68 Å². The number of aliphatic carboxylic acids is 1. The van der Waals surface area contributed by atoms with Gasteiger partial charge in [0, 0.05) is 12.3 Å². The van der Waals surface area contributed by atoms with E-state index >= 15 is 0 Å². The molecule has 0 unspecified atom stereocenters. The predicted octanol–water partition coefficient (Wildman–Crippen LogP) is 1.37. The van der Waals surface area contributed by atoms with Gasteiger partial charge in [-0.05, 0) is 18.6 Å². The van der Waals surface area contributed by atoms with Crippen molar-refractivity contribution in [1.82, 2.24) is 9.78 Å². The number of carbonyl (C=O) groups excluding carboxylic acids is 1. The molecule has 0 bridgehead atoms. The highest BCUT2D eigenvalue weighted by Crippen LogP contribution is 2.18. The molecule has 0 saturated heterocycles. The molecule has 25 heavy (non-hydrogen) atoms. The molecule has 0 fully saturated rings. The van der Waals surface area contributed by atoms with E-state index in [2.05, 4.69) is 15.1 Å². The van der Waals surface area contributed by atoms with Crippen molar-refractivity contribution >= 4 is 33.4 Å². The Morgan fingerprint density at radius 2 is 1.96 bits per heavy atom. The molecule has 0 atom stereocenters. The van der Waals surface area contributed by atoms with E-state index in [1.807, 2.05) is 0 Å². The Labute approximate surface area is 144 Å². The monoisotopic (exact) mass is 366 g/mol. The first-order chi connectivity index (χ1) is 11.8. The summed E-state index contributed by atoms with van der Waals surface area (Å²) >= 11 is 0. The van der Waals surface area contributed by atoms with Crippen LogP contribution in [0.25, 0.3) is 0 Å². The quantitative estimate of drug-likeness (QED) is 0.647. The summed E-state index contributed by atoms with van der Waals surface area (Å²) in [7, 11) is -3.54. The molecule has 0 radical (unpaired) electrons. The number of carbonyl (C=O) groups is 2. The summed E-state index contributed by atoms with van der Waals surface area (Å²) in [6, 6.07) is 7.64. The third-order valence-corrected chi connectivity index (χ3v) is 4.57. The second-order valence-corrected chi connectivity index (χ2v) is 7.05. The molecule has 3 N–H and O–H groups in total. The van der Waals surface area contributed by atoms with Crippen molar-refractivity contribution < 1.29 is 23.1 Å². The van der Waals surface area contributed by atoms with Crippen LogP contribution in [0.1, 0.15) is 23.7 Å². The van der Waals surface area contributed by atoms with Crippen LogP contribution >= 0.6 is 0 Å². The van der Waals surface area contributed by atoms with Crippen LogP contribution in [0, 0.1) is 0 Å². The van der Waals surface area contributed by atoms with Gasteiger partial charge in [-0.2, -0.15) is 5.10 Å². The minimum absolute atomic E-state index is 0.0530. The lowest BCUT2D eigenvalue weighted by Gasteiger charge is -2.11. The predicted molar refractivity (Wildman–Crippen MR) is 92.0 cm³/mol. The summed E-state index contributed by atoms with van der Waals surface area (Å²) in [4.78, 5) is 23.0. The Morgan fingerprint density at radius 3 is 2.64 bits per heavy atom. The third kappa shape index (κ3) is 5.31. The largest absolute Gasteiger partial charge is 0.480 e. The lowest BCUT2D eigenvalue weighted by atomic mass is 10.1. The van der Waals surface area contributed by atoms with E-state index in [-0.39, 0.29) is 29.4 Å². The van der Waals surface area contributed by atoms with Gasteiger partial charge in [0.15, 0.2) is 5.82 Å². The van der Waals surface area contributed by atoms with Gasteiger partial charge in [-0.1, -0.05) is 19.1 Å². The number of anilines is 2. The van der Waals surface area contributed by atoms with Crippen LogP contribution in [0.5, 0.6) is 0 Å². The Balaban J connectivity index is 2.17. The molecule has 1 heterocycles. The maximum Gasteiger partial charge on any atom is 0.325 e. The van der Waals surface area contributed by atoms with E-state index in [0.29, 0.717) is 6.42 Å². The second-order valence-electron chi connectivity index (χ2n) is 5.21. The Bertz CT molecular complexity index is 876. The fraction of sp³-hybridized carbons (Fsp3) is 0.267. The van der Waals surface area contributed by atoms with Crippen molar-refractivity contribution in [1.29, 1.82) is 0 Å². The van der Waals surface area contributed by atoms with Crippen LogP contribution < -0.4 is 10.0 Å². The highest BCUT2D eigenvalue weighted by molar-refractivity contribution is 7.92. The van der Waals surface area contributed by atoms with E-state index in [9.17, 15) is 18.0 Å². The van der Waals surface area contributed by atoms with Gasteiger partial charge in [-0.3, -0.25) is 19.0 Å². The number of aromatic nitrogens is 2. The molecule has 1 amide bonds. The van der Waals surface area contributed by atoms with Crippen molar-refractivity contribution in [2.45, 2.75) is 19.9 Å². The molecular formula is C15H18N4O5S. The number of sulfonamides is 1. The van der Waals surface area contributed by atoms with E-state index in [4.69, 9.17) is 5.11 Å². The number of carboxylic acids is 1. The van der Waals surface area contributed by atoms with Gasteiger partial charge in [0.05, 0.1) is 17.0 Å². The van der Waals surface area contributed by atoms with E-state index in [1.165, 1.54) is 24.4 Å². The highest BCUT2D eigenvalue weighted by atomic mass is 32.2. The number of hydrogen-bond acceptors (Lipinski definition) is 5. The van der Waals surface area contributed by atoms with Crippen LogP contribution in [0.2, 0.25) is 0 Å². The molecule has 1 aromatic heterocycles. The van der Waals surface area contributed by atoms with Crippen LogP contribution in [0.15, 0.2) is 36.5 Å². The van der Waals surface area contributed by atoms with Gasteiger partial charge in [0.25, 0.3) is 5.91 Å². The van der Waals surface area contributed by atoms with Crippen molar-refractivity contribution in [3.8, 4) is 0 Å². The van der Waals surface area contributed by atoms with Gasteiger partial charge in [0.1, 0.15) is 6.54 Å². The lowest BCUT2D eigenvalue weighted by molar-refractivity contribution is -0.137. The summed E-state index contributed by atoms with van der Waals surface area (Å²) < 4.78 is 27.4. The maximum atomic E-state index is 12.4. The minimum atomic E-state index is -3.54. The number of hydrogen-bond donors (Lipinski definition) is 3. The number of nitrogens with zero attached hydrogens (tertiary/aromatic N) is 2. The third-order valence-electron chi connectivity index (χ3n) is 3.09. The minimum Gasteiger partial charge on any atom is -0.480 e. The molecule has 9 nitrogen and oxygen atoms in total. The molecule has 1 aromatic carbocycles. The van der Waals surface area contributed by atoms with Crippen LogP contribution in [-0.2, 0) is 21.4 Å². The summed E-state index contributed by atoms with van der Waals surface area (Å²) in [6.07, 6.45) is 1.87. The number of carboxylic acid groups (broad SMARTS) is 1. The fourth-order valence-corrected chi connectivity index (χ4v) is 3.25. The molecular weight excluding hydrogens is 348 g/mol. The second kappa shape index (κ2) is 7.79. The molecule has 0 aliphatic carbocycles. The number of benzene rings is 1. The smallest absolute Gasteiger partial charge is 0.325 e. The van der Waals surface area contributed by atoms with Gasteiger partial charge in [-0.15, -0.1) is 0 Å². The molecule has 0 aliphatic heterocycles. The number of rotatable bonds is 8. The number of para-hydroxylation sites is 1. The molecule has 2 aromatic rings. The van der Waals surface area contributed by atoms with E-state index < -0.39 is 21.9 Å². The Hall–Kier alpha value is -2.88. The van der Waals surface area contributed by atoms with Crippen molar-refractivity contribution in [3.05, 3.63) is 42.1 Å². The van der Waals surface area contributed by atoms with Crippen molar-refractivity contribution in [2.24, 2.45) is 0 Å².